The van der Waals surface area contributed by atoms with Gasteiger partial charge in [0.2, 0.25) is 0 Å². The van der Waals surface area contributed by atoms with E-state index in [0.717, 1.165) is 12.0 Å². The molecule has 0 aromatic heterocycles. The smallest absolute Gasteiger partial charge is 0.406 e. The van der Waals surface area contributed by atoms with Gasteiger partial charge in [0.1, 0.15) is 5.75 Å². The summed E-state index contributed by atoms with van der Waals surface area (Å²) >= 11 is 0. The second-order valence-corrected chi connectivity index (χ2v) is 4.03. The lowest BCUT2D eigenvalue weighted by Gasteiger charge is -2.19. The molecule has 0 fully saturated rings. The van der Waals surface area contributed by atoms with Crippen molar-refractivity contribution in [3.05, 3.63) is 29.8 Å². The van der Waals surface area contributed by atoms with E-state index in [1.54, 1.807) is 12.1 Å². The lowest BCUT2D eigenvalue weighted by molar-refractivity contribution is -0.274. The number of hydrogen-bond acceptors (Lipinski definition) is 2. The molecule has 0 aliphatic rings. The van der Waals surface area contributed by atoms with Gasteiger partial charge in [0.15, 0.2) is 0 Å². The normalized spacial score (nSPS) is 15.4. The van der Waals surface area contributed by atoms with E-state index < -0.39 is 6.36 Å². The van der Waals surface area contributed by atoms with Crippen molar-refractivity contribution in [3.63, 3.8) is 0 Å². The molecule has 0 spiro atoms. The molecule has 0 bridgehead atoms. The molecule has 1 unspecified atom stereocenters. The molecule has 2 atom stereocenters. The molecule has 2 N–H and O–H groups in total. The highest BCUT2D eigenvalue weighted by Gasteiger charge is 2.31. The summed E-state index contributed by atoms with van der Waals surface area (Å²) < 4.78 is 39.6. The van der Waals surface area contributed by atoms with E-state index in [1.165, 1.54) is 12.1 Å². The molecule has 1 aromatic rings. The van der Waals surface area contributed by atoms with Crippen LogP contribution in [0.3, 0.4) is 0 Å². The Balaban J connectivity index is 2.74. The monoisotopic (exact) mass is 247 g/mol. The van der Waals surface area contributed by atoms with Crippen LogP contribution in [-0.2, 0) is 0 Å². The summed E-state index contributed by atoms with van der Waals surface area (Å²) in [5, 5.41) is 0. The van der Waals surface area contributed by atoms with Crippen LogP contribution in [-0.4, -0.2) is 6.36 Å². The van der Waals surface area contributed by atoms with Gasteiger partial charge in [-0.25, -0.2) is 0 Å². The van der Waals surface area contributed by atoms with Gasteiger partial charge in [-0.05, 0) is 23.6 Å². The van der Waals surface area contributed by atoms with E-state index in [9.17, 15) is 13.2 Å². The Hall–Kier alpha value is -1.23. The van der Waals surface area contributed by atoms with Crippen LogP contribution in [0.5, 0.6) is 5.75 Å². The van der Waals surface area contributed by atoms with E-state index in [1.807, 2.05) is 13.8 Å². The second kappa shape index (κ2) is 5.40. The van der Waals surface area contributed by atoms with Crippen molar-refractivity contribution < 1.29 is 17.9 Å². The Morgan fingerprint density at radius 1 is 1.24 bits per heavy atom. The summed E-state index contributed by atoms with van der Waals surface area (Å²) in [6, 6.07) is 5.53. The first-order chi connectivity index (χ1) is 7.83. The SMILES string of the molecule is CCC(C)[C@@H](N)c1ccc(OC(F)(F)F)cc1. The van der Waals surface area contributed by atoms with Gasteiger partial charge < -0.3 is 10.5 Å². The number of halogens is 3. The van der Waals surface area contributed by atoms with E-state index in [-0.39, 0.29) is 17.7 Å². The number of benzene rings is 1. The van der Waals surface area contributed by atoms with Crippen LogP contribution in [0.25, 0.3) is 0 Å². The summed E-state index contributed by atoms with van der Waals surface area (Å²) in [6.45, 7) is 4.02. The molecule has 0 aliphatic heterocycles. The number of rotatable bonds is 4. The first-order valence-electron chi connectivity index (χ1n) is 5.44. The number of alkyl halides is 3. The maximum absolute atomic E-state index is 11.9. The second-order valence-electron chi connectivity index (χ2n) is 4.03. The van der Waals surface area contributed by atoms with Gasteiger partial charge >= 0.3 is 6.36 Å². The fourth-order valence-corrected chi connectivity index (χ4v) is 1.47. The predicted octanol–water partition coefficient (Wildman–Crippen LogP) is 3.63. The molecule has 0 radical (unpaired) electrons. The molecule has 2 nitrogen and oxygen atoms in total. The highest BCUT2D eigenvalue weighted by Crippen LogP contribution is 2.26. The zero-order valence-electron chi connectivity index (χ0n) is 9.79. The molecular weight excluding hydrogens is 231 g/mol. The molecule has 1 aromatic carbocycles. The molecule has 0 saturated heterocycles. The molecule has 0 amide bonds. The van der Waals surface area contributed by atoms with Gasteiger partial charge in [-0.15, -0.1) is 13.2 Å². The molecule has 0 aliphatic carbocycles. The van der Waals surface area contributed by atoms with Crippen LogP contribution < -0.4 is 10.5 Å². The summed E-state index contributed by atoms with van der Waals surface area (Å²) in [5.41, 5.74) is 6.78. The van der Waals surface area contributed by atoms with E-state index in [4.69, 9.17) is 5.73 Å². The fourth-order valence-electron chi connectivity index (χ4n) is 1.47. The Labute approximate surface area is 98.6 Å². The molecule has 5 heteroatoms. The van der Waals surface area contributed by atoms with Crippen molar-refractivity contribution in [3.8, 4) is 5.75 Å². The van der Waals surface area contributed by atoms with Crippen LogP contribution in [0.2, 0.25) is 0 Å². The van der Waals surface area contributed by atoms with Crippen molar-refractivity contribution in [2.75, 3.05) is 0 Å². The van der Waals surface area contributed by atoms with Gasteiger partial charge in [0.05, 0.1) is 0 Å². The maximum atomic E-state index is 11.9. The number of nitrogens with two attached hydrogens (primary N) is 1. The summed E-state index contributed by atoms with van der Waals surface area (Å²) in [7, 11) is 0. The zero-order valence-corrected chi connectivity index (χ0v) is 9.79. The average Bonchev–Trinajstić information content (AvgIpc) is 2.26. The minimum Gasteiger partial charge on any atom is -0.406 e. The Morgan fingerprint density at radius 2 is 1.76 bits per heavy atom. The summed E-state index contributed by atoms with van der Waals surface area (Å²) in [6.07, 6.45) is -3.73. The van der Waals surface area contributed by atoms with E-state index in [2.05, 4.69) is 4.74 Å². The van der Waals surface area contributed by atoms with Crippen molar-refractivity contribution in [2.45, 2.75) is 32.7 Å². The van der Waals surface area contributed by atoms with Crippen LogP contribution in [0.4, 0.5) is 13.2 Å². The van der Waals surface area contributed by atoms with Gasteiger partial charge in [-0.2, -0.15) is 0 Å². The molecule has 0 saturated carbocycles. The molecule has 96 valence electrons. The lowest BCUT2D eigenvalue weighted by Crippen LogP contribution is -2.19. The third kappa shape index (κ3) is 4.26. The molecule has 17 heavy (non-hydrogen) atoms. The largest absolute Gasteiger partial charge is 0.573 e. The maximum Gasteiger partial charge on any atom is 0.573 e. The number of ether oxygens (including phenoxy) is 1. The third-order valence-electron chi connectivity index (χ3n) is 2.76. The topological polar surface area (TPSA) is 35.2 Å². The van der Waals surface area contributed by atoms with Gasteiger partial charge in [0, 0.05) is 6.04 Å². The summed E-state index contributed by atoms with van der Waals surface area (Å²) in [5.74, 6) is 0.0574. The fraction of sp³-hybridized carbons (Fsp3) is 0.500. The number of hydrogen-bond donors (Lipinski definition) is 1. The van der Waals surface area contributed by atoms with Crippen molar-refractivity contribution in [2.24, 2.45) is 11.7 Å². The summed E-state index contributed by atoms with van der Waals surface area (Å²) in [4.78, 5) is 0. The van der Waals surface area contributed by atoms with Gasteiger partial charge in [-0.3, -0.25) is 0 Å². The van der Waals surface area contributed by atoms with Gasteiger partial charge in [0.25, 0.3) is 0 Å². The minimum atomic E-state index is -4.65. The minimum absolute atomic E-state index is 0.167. The Kier molecular flexibility index (Phi) is 4.40. The standard InChI is InChI=1S/C12H16F3NO/c1-3-8(2)11(16)9-4-6-10(7-5-9)17-12(13,14)15/h4-8,11H,3,16H2,1-2H3/t8?,11-/m1/s1. The van der Waals surface area contributed by atoms with Crippen molar-refractivity contribution in [1.29, 1.82) is 0 Å². The van der Waals surface area contributed by atoms with Crippen molar-refractivity contribution >= 4 is 0 Å². The average molecular weight is 247 g/mol. The van der Waals surface area contributed by atoms with Crippen molar-refractivity contribution in [1.82, 2.24) is 0 Å². The van der Waals surface area contributed by atoms with Gasteiger partial charge in [-0.1, -0.05) is 32.4 Å². The molecular formula is C12H16F3NO. The Morgan fingerprint density at radius 3 is 2.18 bits per heavy atom. The lowest BCUT2D eigenvalue weighted by atomic mass is 9.93. The zero-order chi connectivity index (χ0) is 13.1. The van der Waals surface area contributed by atoms with Crippen LogP contribution >= 0.6 is 0 Å². The van der Waals surface area contributed by atoms with E-state index in [0.29, 0.717) is 0 Å². The molecule has 1 rings (SSSR count). The highest BCUT2D eigenvalue weighted by molar-refractivity contribution is 5.29. The first-order valence-corrected chi connectivity index (χ1v) is 5.44. The van der Waals surface area contributed by atoms with Crippen LogP contribution in [0.1, 0.15) is 31.9 Å². The van der Waals surface area contributed by atoms with Crippen LogP contribution in [0, 0.1) is 5.92 Å². The van der Waals surface area contributed by atoms with Crippen LogP contribution in [0.15, 0.2) is 24.3 Å². The van der Waals surface area contributed by atoms with E-state index >= 15 is 0 Å². The predicted molar refractivity (Wildman–Crippen MR) is 59.5 cm³/mol. The Bertz CT molecular complexity index is 348. The highest BCUT2D eigenvalue weighted by atomic mass is 19.4. The molecule has 0 heterocycles. The quantitative estimate of drug-likeness (QED) is 0.881. The third-order valence-corrected chi connectivity index (χ3v) is 2.76. The first kappa shape index (κ1) is 13.8.